The Morgan fingerprint density at radius 1 is 1.29 bits per heavy atom. The van der Waals surface area contributed by atoms with Gasteiger partial charge in [-0.25, -0.2) is 4.79 Å². The number of anilines is 1. The molecule has 9 nitrogen and oxygen atoms in total. The van der Waals surface area contributed by atoms with E-state index in [0.29, 0.717) is 31.6 Å². The highest BCUT2D eigenvalue weighted by atomic mass is 16.2. The Balaban J connectivity index is 1.74. The summed E-state index contributed by atoms with van der Waals surface area (Å²) >= 11 is 0. The van der Waals surface area contributed by atoms with Gasteiger partial charge in [0.25, 0.3) is 0 Å². The zero-order valence-electron chi connectivity index (χ0n) is 14.0. The molecule has 0 bridgehead atoms. The highest BCUT2D eigenvalue weighted by molar-refractivity contribution is 5.95. The molecule has 4 amide bonds. The average molecular weight is 336 g/mol. The normalized spacial score (nSPS) is 15.8. The standard InChI is InChI=1S/C15H24N6O3/c1-3-21-9-12(8-17-21)18-14(23)11-4-6-20(7-5-11)10-13(22)19-15(24)16-2/h8-9,11H,3-7,10H2,1-2H3,(H,18,23)(H2,16,19,22,24). The molecular weight excluding hydrogens is 312 g/mol. The summed E-state index contributed by atoms with van der Waals surface area (Å²) in [7, 11) is 1.46. The van der Waals surface area contributed by atoms with E-state index in [1.54, 1.807) is 17.1 Å². The minimum atomic E-state index is -0.512. The Morgan fingerprint density at radius 3 is 2.58 bits per heavy atom. The molecule has 3 N–H and O–H groups in total. The van der Waals surface area contributed by atoms with Gasteiger partial charge in [-0.1, -0.05) is 0 Å². The summed E-state index contributed by atoms with van der Waals surface area (Å²) in [6.45, 7) is 4.19. The number of hydrogen-bond acceptors (Lipinski definition) is 5. The van der Waals surface area contributed by atoms with E-state index in [0.717, 1.165) is 6.54 Å². The lowest BCUT2D eigenvalue weighted by molar-refractivity contribution is -0.122. The number of hydrogen-bond donors (Lipinski definition) is 3. The van der Waals surface area contributed by atoms with Crippen LogP contribution in [0.2, 0.25) is 0 Å². The van der Waals surface area contributed by atoms with E-state index in [-0.39, 0.29) is 24.3 Å². The van der Waals surface area contributed by atoms with Crippen molar-refractivity contribution in [2.24, 2.45) is 5.92 Å². The second-order valence-corrected chi connectivity index (χ2v) is 5.75. The summed E-state index contributed by atoms with van der Waals surface area (Å²) in [5, 5.41) is 11.6. The summed E-state index contributed by atoms with van der Waals surface area (Å²) < 4.78 is 1.75. The molecule has 1 aliphatic rings. The highest BCUT2D eigenvalue weighted by Crippen LogP contribution is 2.19. The fourth-order valence-electron chi connectivity index (χ4n) is 2.63. The second kappa shape index (κ2) is 8.44. The first kappa shape index (κ1) is 17.9. The van der Waals surface area contributed by atoms with Crippen molar-refractivity contribution in [2.45, 2.75) is 26.3 Å². The summed E-state index contributed by atoms with van der Waals surface area (Å²) in [4.78, 5) is 37.0. The lowest BCUT2D eigenvalue weighted by Crippen LogP contribution is -2.46. The fraction of sp³-hybridized carbons (Fsp3) is 0.600. The quantitative estimate of drug-likeness (QED) is 0.702. The van der Waals surface area contributed by atoms with Gasteiger partial charge in [-0.3, -0.25) is 24.5 Å². The number of urea groups is 1. The van der Waals surface area contributed by atoms with E-state index in [1.165, 1.54) is 7.05 Å². The topological polar surface area (TPSA) is 108 Å². The van der Waals surface area contributed by atoms with Crippen LogP contribution in [0.15, 0.2) is 12.4 Å². The number of piperidine rings is 1. The molecule has 24 heavy (non-hydrogen) atoms. The van der Waals surface area contributed by atoms with Crippen LogP contribution >= 0.6 is 0 Å². The van der Waals surface area contributed by atoms with Crippen molar-refractivity contribution < 1.29 is 14.4 Å². The van der Waals surface area contributed by atoms with Gasteiger partial charge in [-0.05, 0) is 32.9 Å². The molecule has 1 fully saturated rings. The van der Waals surface area contributed by atoms with Crippen LogP contribution in [0.5, 0.6) is 0 Å². The van der Waals surface area contributed by atoms with E-state index in [4.69, 9.17) is 0 Å². The fourth-order valence-corrected chi connectivity index (χ4v) is 2.63. The predicted molar refractivity (Wildman–Crippen MR) is 88.3 cm³/mol. The third-order valence-corrected chi connectivity index (χ3v) is 4.03. The van der Waals surface area contributed by atoms with Crippen molar-refractivity contribution in [2.75, 3.05) is 32.0 Å². The zero-order valence-corrected chi connectivity index (χ0v) is 14.0. The van der Waals surface area contributed by atoms with E-state index in [1.807, 2.05) is 11.8 Å². The van der Waals surface area contributed by atoms with Crippen molar-refractivity contribution >= 4 is 23.5 Å². The molecule has 1 aromatic rings. The maximum atomic E-state index is 12.3. The van der Waals surface area contributed by atoms with Crippen LogP contribution in [0.3, 0.4) is 0 Å². The number of aromatic nitrogens is 2. The minimum absolute atomic E-state index is 0.0138. The summed E-state index contributed by atoms with van der Waals surface area (Å²) in [5.74, 6) is -0.433. The highest BCUT2D eigenvalue weighted by Gasteiger charge is 2.26. The van der Waals surface area contributed by atoms with Gasteiger partial charge in [-0.15, -0.1) is 0 Å². The van der Waals surface area contributed by atoms with Crippen molar-refractivity contribution in [3.8, 4) is 0 Å². The summed E-state index contributed by atoms with van der Waals surface area (Å²) in [6.07, 6.45) is 4.80. The minimum Gasteiger partial charge on any atom is -0.341 e. The van der Waals surface area contributed by atoms with Crippen LogP contribution in [0, 0.1) is 5.92 Å². The molecule has 2 rings (SSSR count). The summed E-state index contributed by atoms with van der Waals surface area (Å²) in [6, 6.07) is -0.512. The van der Waals surface area contributed by atoms with Gasteiger partial charge in [0.15, 0.2) is 0 Å². The molecule has 132 valence electrons. The number of aryl methyl sites for hydroxylation is 1. The number of rotatable bonds is 5. The van der Waals surface area contributed by atoms with Gasteiger partial charge in [0, 0.05) is 25.7 Å². The van der Waals surface area contributed by atoms with Crippen LogP contribution < -0.4 is 16.0 Å². The van der Waals surface area contributed by atoms with Crippen LogP contribution in [0.25, 0.3) is 0 Å². The first-order valence-electron chi connectivity index (χ1n) is 8.09. The number of nitrogens with one attached hydrogen (secondary N) is 3. The molecular formula is C15H24N6O3. The van der Waals surface area contributed by atoms with Crippen molar-refractivity contribution in [1.82, 2.24) is 25.3 Å². The average Bonchev–Trinajstić information content (AvgIpc) is 3.02. The van der Waals surface area contributed by atoms with Crippen LogP contribution in [-0.4, -0.2) is 59.2 Å². The van der Waals surface area contributed by atoms with Gasteiger partial charge in [0.1, 0.15) is 0 Å². The van der Waals surface area contributed by atoms with Gasteiger partial charge >= 0.3 is 6.03 Å². The molecule has 2 heterocycles. The SMILES string of the molecule is CCn1cc(NC(=O)C2CCN(CC(=O)NC(=O)NC)CC2)cn1. The Kier molecular flexibility index (Phi) is 6.30. The number of carbonyl (C=O) groups excluding carboxylic acids is 3. The lowest BCUT2D eigenvalue weighted by Gasteiger charge is -2.30. The first-order chi connectivity index (χ1) is 11.5. The Hall–Kier alpha value is -2.42. The van der Waals surface area contributed by atoms with E-state index >= 15 is 0 Å². The van der Waals surface area contributed by atoms with Gasteiger partial charge < -0.3 is 10.6 Å². The Bertz CT molecular complexity index is 592. The number of likely N-dealkylation sites (tertiary alicyclic amines) is 1. The third-order valence-electron chi connectivity index (χ3n) is 4.03. The molecule has 1 saturated heterocycles. The van der Waals surface area contributed by atoms with Gasteiger partial charge in [-0.2, -0.15) is 5.10 Å². The zero-order chi connectivity index (χ0) is 17.5. The van der Waals surface area contributed by atoms with Crippen LogP contribution in [0.1, 0.15) is 19.8 Å². The number of nitrogens with zero attached hydrogens (tertiary/aromatic N) is 3. The largest absolute Gasteiger partial charge is 0.341 e. The van der Waals surface area contributed by atoms with Gasteiger partial charge in [0.2, 0.25) is 11.8 Å². The summed E-state index contributed by atoms with van der Waals surface area (Å²) in [5.41, 5.74) is 0.703. The lowest BCUT2D eigenvalue weighted by atomic mass is 9.96. The van der Waals surface area contributed by atoms with Crippen LogP contribution in [-0.2, 0) is 16.1 Å². The molecule has 0 saturated carbocycles. The molecule has 1 aromatic heterocycles. The number of carbonyl (C=O) groups is 3. The number of amides is 4. The van der Waals surface area contributed by atoms with Crippen molar-refractivity contribution in [1.29, 1.82) is 0 Å². The maximum Gasteiger partial charge on any atom is 0.321 e. The Labute approximate surface area is 140 Å². The molecule has 0 radical (unpaired) electrons. The van der Waals surface area contributed by atoms with Crippen molar-refractivity contribution in [3.63, 3.8) is 0 Å². The molecule has 0 unspecified atom stereocenters. The number of imide groups is 1. The van der Waals surface area contributed by atoms with Crippen LogP contribution in [0.4, 0.5) is 10.5 Å². The van der Waals surface area contributed by atoms with Gasteiger partial charge in [0.05, 0.1) is 18.4 Å². The second-order valence-electron chi connectivity index (χ2n) is 5.75. The monoisotopic (exact) mass is 336 g/mol. The molecule has 1 aliphatic heterocycles. The predicted octanol–water partition coefficient (Wildman–Crippen LogP) is 0.00910. The molecule has 0 aliphatic carbocycles. The molecule has 0 aromatic carbocycles. The van der Waals surface area contributed by atoms with Crippen molar-refractivity contribution in [3.05, 3.63) is 12.4 Å². The molecule has 0 atom stereocenters. The first-order valence-corrected chi connectivity index (χ1v) is 8.09. The van der Waals surface area contributed by atoms with E-state index in [9.17, 15) is 14.4 Å². The Morgan fingerprint density at radius 2 is 2.00 bits per heavy atom. The maximum absolute atomic E-state index is 12.3. The molecule has 9 heteroatoms. The third kappa shape index (κ3) is 5.05. The molecule has 0 spiro atoms. The van der Waals surface area contributed by atoms with E-state index < -0.39 is 6.03 Å². The smallest absolute Gasteiger partial charge is 0.321 e. The van der Waals surface area contributed by atoms with E-state index in [2.05, 4.69) is 21.0 Å².